The van der Waals surface area contributed by atoms with Crippen molar-refractivity contribution in [1.82, 2.24) is 14.7 Å². The van der Waals surface area contributed by atoms with Crippen LogP contribution in [0.5, 0.6) is 0 Å². The van der Waals surface area contributed by atoms with E-state index in [2.05, 4.69) is 39.4 Å². The number of anilines is 2. The Hall–Kier alpha value is -2.38. The van der Waals surface area contributed by atoms with E-state index in [1.54, 1.807) is 17.9 Å². The van der Waals surface area contributed by atoms with E-state index < -0.39 is 0 Å². The lowest BCUT2D eigenvalue weighted by molar-refractivity contribution is 0.102. The van der Waals surface area contributed by atoms with E-state index in [4.69, 9.17) is 4.74 Å². The Labute approximate surface area is 159 Å². The number of likely N-dealkylation sites (tertiary alicyclic amines) is 1. The number of hydrogen-bond acceptors (Lipinski definition) is 5. The molecule has 1 fully saturated rings. The minimum Gasteiger partial charge on any atom is -0.383 e. The third-order valence-electron chi connectivity index (χ3n) is 5.78. The van der Waals surface area contributed by atoms with Gasteiger partial charge < -0.3 is 19.9 Å². The second kappa shape index (κ2) is 6.98. The van der Waals surface area contributed by atoms with Crippen LogP contribution >= 0.6 is 0 Å². The molecular weight excluding hydrogens is 342 g/mol. The molecule has 7 heteroatoms. The first-order chi connectivity index (χ1) is 13.0. The van der Waals surface area contributed by atoms with E-state index in [-0.39, 0.29) is 11.3 Å². The van der Waals surface area contributed by atoms with Gasteiger partial charge in [0, 0.05) is 69.8 Å². The van der Waals surface area contributed by atoms with Crippen LogP contribution in [0, 0.1) is 0 Å². The number of carbonyl (C=O) groups is 1. The van der Waals surface area contributed by atoms with Crippen LogP contribution in [0.15, 0.2) is 30.5 Å². The zero-order valence-corrected chi connectivity index (χ0v) is 16.2. The highest BCUT2D eigenvalue weighted by atomic mass is 16.5. The van der Waals surface area contributed by atoms with Gasteiger partial charge in [-0.25, -0.2) is 0 Å². The molecule has 0 saturated carbocycles. The van der Waals surface area contributed by atoms with Crippen molar-refractivity contribution in [3.8, 4) is 0 Å². The number of carbonyl (C=O) groups excluding carboxylic acids is 1. The molecular formula is C20H27N5O2. The molecule has 1 unspecified atom stereocenters. The van der Waals surface area contributed by atoms with E-state index in [9.17, 15) is 4.79 Å². The molecule has 0 radical (unpaired) electrons. The molecule has 2 aliphatic heterocycles. The Morgan fingerprint density at radius 2 is 2.15 bits per heavy atom. The number of ether oxygens (including phenoxy) is 1. The van der Waals surface area contributed by atoms with Crippen molar-refractivity contribution in [3.63, 3.8) is 0 Å². The topological polar surface area (TPSA) is 62.6 Å². The molecule has 1 aromatic carbocycles. The second-order valence-corrected chi connectivity index (χ2v) is 7.72. The average molecular weight is 369 g/mol. The number of aromatic nitrogens is 2. The van der Waals surface area contributed by atoms with Gasteiger partial charge in [0.25, 0.3) is 5.91 Å². The van der Waals surface area contributed by atoms with Gasteiger partial charge in [-0.1, -0.05) is 0 Å². The predicted octanol–water partition coefficient (Wildman–Crippen LogP) is 1.71. The van der Waals surface area contributed by atoms with Crippen LogP contribution in [0.2, 0.25) is 0 Å². The Morgan fingerprint density at radius 3 is 2.89 bits per heavy atom. The number of hydrogen-bond donors (Lipinski definition) is 1. The van der Waals surface area contributed by atoms with E-state index >= 15 is 0 Å². The molecule has 144 valence electrons. The molecule has 2 aliphatic rings. The summed E-state index contributed by atoms with van der Waals surface area (Å²) in [5.41, 5.74) is 3.31. The van der Waals surface area contributed by atoms with Gasteiger partial charge in [0.2, 0.25) is 0 Å². The quantitative estimate of drug-likeness (QED) is 0.869. The number of nitrogens with one attached hydrogen (secondary N) is 1. The van der Waals surface area contributed by atoms with Gasteiger partial charge in [0.15, 0.2) is 5.82 Å². The van der Waals surface area contributed by atoms with Crippen molar-refractivity contribution in [2.24, 2.45) is 7.05 Å². The lowest BCUT2D eigenvalue weighted by atomic mass is 9.81. The van der Waals surface area contributed by atoms with Crippen molar-refractivity contribution >= 4 is 17.4 Å². The van der Waals surface area contributed by atoms with Crippen LogP contribution in [-0.4, -0.2) is 67.5 Å². The summed E-state index contributed by atoms with van der Waals surface area (Å²) in [5, 5.41) is 7.11. The van der Waals surface area contributed by atoms with Crippen LogP contribution in [0.1, 0.15) is 22.3 Å². The fourth-order valence-corrected chi connectivity index (χ4v) is 4.45. The lowest BCUT2D eigenvalue weighted by Gasteiger charge is -2.25. The zero-order valence-electron chi connectivity index (χ0n) is 16.2. The molecule has 1 aromatic heterocycles. The number of nitrogens with zero attached hydrogens (tertiary/aromatic N) is 4. The van der Waals surface area contributed by atoms with E-state index in [0.29, 0.717) is 11.4 Å². The Morgan fingerprint density at radius 1 is 1.30 bits per heavy atom. The molecule has 0 aliphatic carbocycles. The van der Waals surface area contributed by atoms with Gasteiger partial charge >= 0.3 is 0 Å². The fraction of sp³-hybridized carbons (Fsp3) is 0.500. The number of likely N-dealkylation sites (N-methyl/N-ethyl adjacent to an activating group) is 1. The highest BCUT2D eigenvalue weighted by Crippen LogP contribution is 2.46. The van der Waals surface area contributed by atoms with Gasteiger partial charge in [0.1, 0.15) is 0 Å². The number of methoxy groups -OCH3 is 1. The number of benzene rings is 1. The van der Waals surface area contributed by atoms with Crippen molar-refractivity contribution in [2.45, 2.75) is 11.8 Å². The van der Waals surface area contributed by atoms with Gasteiger partial charge in [-0.2, -0.15) is 5.10 Å². The standard InChI is InChI=1S/C20H27N5O2/c1-23-13-20(7-9-25(14-20)10-11-27-3)16-12-15(4-5-17(16)23)19(26)21-18-6-8-24(2)22-18/h4-6,8,12H,7,9-11,13-14H2,1-3H3,(H,21,22,26). The van der Waals surface area contributed by atoms with Gasteiger partial charge in [-0.3, -0.25) is 9.48 Å². The first-order valence-electron chi connectivity index (χ1n) is 9.39. The first kappa shape index (κ1) is 18.0. The minimum absolute atomic E-state index is 0.0963. The number of rotatable bonds is 5. The third-order valence-corrected chi connectivity index (χ3v) is 5.78. The second-order valence-electron chi connectivity index (χ2n) is 7.72. The minimum atomic E-state index is -0.115. The van der Waals surface area contributed by atoms with Crippen LogP contribution in [0.3, 0.4) is 0 Å². The van der Waals surface area contributed by atoms with E-state index in [0.717, 1.165) is 39.2 Å². The Bertz CT molecular complexity index is 849. The predicted molar refractivity (Wildman–Crippen MR) is 105 cm³/mol. The smallest absolute Gasteiger partial charge is 0.256 e. The van der Waals surface area contributed by atoms with Crippen molar-refractivity contribution in [1.29, 1.82) is 0 Å². The summed E-state index contributed by atoms with van der Waals surface area (Å²) in [5.74, 6) is 0.455. The molecule has 0 bridgehead atoms. The van der Waals surface area contributed by atoms with Gasteiger partial charge in [-0.05, 0) is 36.7 Å². The highest BCUT2D eigenvalue weighted by molar-refractivity contribution is 6.04. The third kappa shape index (κ3) is 3.33. The molecule has 27 heavy (non-hydrogen) atoms. The summed E-state index contributed by atoms with van der Waals surface area (Å²) in [6, 6.07) is 7.86. The lowest BCUT2D eigenvalue weighted by Crippen LogP contribution is -2.36. The fourth-order valence-electron chi connectivity index (χ4n) is 4.45. The maximum absolute atomic E-state index is 12.7. The summed E-state index contributed by atoms with van der Waals surface area (Å²) in [4.78, 5) is 17.5. The Balaban J connectivity index is 1.57. The highest BCUT2D eigenvalue weighted by Gasteiger charge is 2.46. The molecule has 1 spiro atoms. The molecule has 4 rings (SSSR count). The molecule has 2 aromatic rings. The summed E-state index contributed by atoms with van der Waals surface area (Å²) in [6.45, 7) is 4.79. The summed E-state index contributed by atoms with van der Waals surface area (Å²) in [7, 11) is 5.72. The van der Waals surface area contributed by atoms with Gasteiger partial charge in [0.05, 0.1) is 6.61 Å². The largest absolute Gasteiger partial charge is 0.383 e. The van der Waals surface area contributed by atoms with Crippen LogP contribution in [0.25, 0.3) is 0 Å². The SMILES string of the molecule is COCCN1CCC2(C1)CN(C)c1ccc(C(=O)Nc3ccn(C)n3)cc12. The van der Waals surface area contributed by atoms with E-state index in [1.807, 2.05) is 19.3 Å². The Kier molecular flexibility index (Phi) is 4.65. The zero-order chi connectivity index (χ0) is 19.0. The summed E-state index contributed by atoms with van der Waals surface area (Å²) < 4.78 is 6.92. The molecule has 1 atom stereocenters. The van der Waals surface area contributed by atoms with Crippen molar-refractivity contribution in [2.75, 3.05) is 57.2 Å². The maximum Gasteiger partial charge on any atom is 0.256 e. The molecule has 1 saturated heterocycles. The average Bonchev–Trinajstić information content (AvgIpc) is 3.32. The summed E-state index contributed by atoms with van der Waals surface area (Å²) in [6.07, 6.45) is 2.93. The first-order valence-corrected chi connectivity index (χ1v) is 9.39. The number of fused-ring (bicyclic) bond motifs is 2. The van der Waals surface area contributed by atoms with Crippen molar-refractivity contribution in [3.05, 3.63) is 41.6 Å². The summed E-state index contributed by atoms with van der Waals surface area (Å²) >= 11 is 0. The van der Waals surface area contributed by atoms with E-state index in [1.165, 1.54) is 11.3 Å². The van der Waals surface area contributed by atoms with Gasteiger partial charge in [-0.15, -0.1) is 0 Å². The molecule has 7 nitrogen and oxygen atoms in total. The number of amides is 1. The van der Waals surface area contributed by atoms with Crippen LogP contribution in [-0.2, 0) is 17.2 Å². The number of aryl methyl sites for hydroxylation is 1. The van der Waals surface area contributed by atoms with Crippen molar-refractivity contribution < 1.29 is 9.53 Å². The molecule has 1 amide bonds. The molecule has 3 heterocycles. The maximum atomic E-state index is 12.7. The van der Waals surface area contributed by atoms with Crippen LogP contribution in [0.4, 0.5) is 11.5 Å². The van der Waals surface area contributed by atoms with Crippen LogP contribution < -0.4 is 10.2 Å². The molecule has 1 N–H and O–H groups in total. The monoisotopic (exact) mass is 369 g/mol. The normalized spacial score (nSPS) is 21.8.